The summed E-state index contributed by atoms with van der Waals surface area (Å²) < 4.78 is 0. The highest BCUT2D eigenvalue weighted by Gasteiger charge is 2.25. The zero-order valence-corrected chi connectivity index (χ0v) is 12.7. The number of nitrogens with zero attached hydrogens (tertiary/aromatic N) is 4. The van der Waals surface area contributed by atoms with Gasteiger partial charge in [-0.3, -0.25) is 0 Å². The normalized spacial score (nSPS) is 27.7. The van der Waals surface area contributed by atoms with Crippen molar-refractivity contribution in [2.45, 2.75) is 19.4 Å². The minimum Gasteiger partial charge on any atom is -0.393 e. The first-order valence-corrected chi connectivity index (χ1v) is 8.47. The van der Waals surface area contributed by atoms with Crippen LogP contribution in [-0.4, -0.2) is 58.9 Å². The van der Waals surface area contributed by atoms with E-state index in [0.29, 0.717) is 5.92 Å². The molecule has 2 aliphatic heterocycles. The molecule has 0 spiro atoms. The standard InChI is InChI=1S/C14H22N4OS/c1-11-9-18(3-2-12(11)19)14-8-13(15-10-16-14)17-4-6-20-7-5-17/h8,10-12,19H,2-7,9H2,1H3/t11-,12+/m0/s1. The molecule has 3 heterocycles. The molecule has 0 radical (unpaired) electrons. The van der Waals surface area contributed by atoms with Gasteiger partial charge in [0.2, 0.25) is 0 Å². The van der Waals surface area contributed by atoms with Gasteiger partial charge in [0.05, 0.1) is 6.10 Å². The van der Waals surface area contributed by atoms with Gasteiger partial charge in [-0.2, -0.15) is 11.8 Å². The van der Waals surface area contributed by atoms with Gasteiger partial charge in [0, 0.05) is 43.8 Å². The van der Waals surface area contributed by atoms with Crippen molar-refractivity contribution in [3.05, 3.63) is 12.4 Å². The average molecular weight is 294 g/mol. The summed E-state index contributed by atoms with van der Waals surface area (Å²) in [6, 6.07) is 2.10. The van der Waals surface area contributed by atoms with E-state index in [1.807, 2.05) is 11.8 Å². The summed E-state index contributed by atoms with van der Waals surface area (Å²) in [6.45, 7) is 5.97. The van der Waals surface area contributed by atoms with Crippen molar-refractivity contribution in [3.63, 3.8) is 0 Å². The molecule has 0 bridgehead atoms. The van der Waals surface area contributed by atoms with Gasteiger partial charge in [-0.05, 0) is 12.3 Å². The van der Waals surface area contributed by atoms with Crippen molar-refractivity contribution < 1.29 is 5.11 Å². The second kappa shape index (κ2) is 6.18. The third kappa shape index (κ3) is 3.01. The maximum absolute atomic E-state index is 9.83. The van der Waals surface area contributed by atoms with Crippen LogP contribution in [0.4, 0.5) is 11.6 Å². The highest BCUT2D eigenvalue weighted by molar-refractivity contribution is 7.99. The zero-order chi connectivity index (χ0) is 13.9. The van der Waals surface area contributed by atoms with E-state index < -0.39 is 0 Å². The van der Waals surface area contributed by atoms with Gasteiger partial charge in [-0.1, -0.05) is 6.92 Å². The Bertz CT molecular complexity index is 453. The molecule has 6 heteroatoms. The summed E-state index contributed by atoms with van der Waals surface area (Å²) in [4.78, 5) is 13.4. The van der Waals surface area contributed by atoms with Crippen molar-refractivity contribution >= 4 is 23.4 Å². The Labute approximate surface area is 124 Å². The molecule has 0 saturated carbocycles. The number of aromatic nitrogens is 2. The molecule has 2 fully saturated rings. The molecular weight excluding hydrogens is 272 g/mol. The van der Waals surface area contributed by atoms with Crippen LogP contribution in [0.3, 0.4) is 0 Å². The van der Waals surface area contributed by atoms with Crippen molar-refractivity contribution in [1.82, 2.24) is 9.97 Å². The molecule has 1 aromatic rings. The van der Waals surface area contributed by atoms with Crippen LogP contribution >= 0.6 is 11.8 Å². The Balaban J connectivity index is 1.73. The summed E-state index contributed by atoms with van der Waals surface area (Å²) in [5.41, 5.74) is 0. The van der Waals surface area contributed by atoms with Gasteiger partial charge in [-0.15, -0.1) is 0 Å². The first-order valence-electron chi connectivity index (χ1n) is 7.32. The number of anilines is 2. The van der Waals surface area contributed by atoms with Crippen LogP contribution in [0, 0.1) is 5.92 Å². The second-order valence-electron chi connectivity index (χ2n) is 5.61. The lowest BCUT2D eigenvalue weighted by Gasteiger charge is -2.35. The van der Waals surface area contributed by atoms with Gasteiger partial charge < -0.3 is 14.9 Å². The molecule has 2 aliphatic rings. The predicted octanol–water partition coefficient (Wildman–Crippen LogP) is 1.24. The fourth-order valence-electron chi connectivity index (χ4n) is 2.82. The van der Waals surface area contributed by atoms with E-state index in [9.17, 15) is 5.11 Å². The largest absolute Gasteiger partial charge is 0.393 e. The topological polar surface area (TPSA) is 52.5 Å². The van der Waals surface area contributed by atoms with E-state index in [1.165, 1.54) is 11.5 Å². The Morgan fingerprint density at radius 2 is 1.85 bits per heavy atom. The SMILES string of the molecule is C[C@H]1CN(c2cc(N3CCSCC3)ncn2)CC[C@H]1O. The summed E-state index contributed by atoms with van der Waals surface area (Å²) in [6.07, 6.45) is 2.31. The Hall–Kier alpha value is -1.01. The van der Waals surface area contributed by atoms with E-state index in [-0.39, 0.29) is 6.10 Å². The smallest absolute Gasteiger partial charge is 0.134 e. The van der Waals surface area contributed by atoms with Crippen LogP contribution in [0.2, 0.25) is 0 Å². The zero-order valence-electron chi connectivity index (χ0n) is 11.9. The highest BCUT2D eigenvalue weighted by Crippen LogP contribution is 2.25. The lowest BCUT2D eigenvalue weighted by Crippen LogP contribution is -2.42. The Morgan fingerprint density at radius 1 is 1.15 bits per heavy atom. The molecule has 1 aromatic heterocycles. The molecule has 1 N–H and O–H groups in total. The van der Waals surface area contributed by atoms with E-state index in [0.717, 1.165) is 44.2 Å². The van der Waals surface area contributed by atoms with Crippen LogP contribution in [0.5, 0.6) is 0 Å². The van der Waals surface area contributed by atoms with Gasteiger partial charge in [0.1, 0.15) is 18.0 Å². The monoisotopic (exact) mass is 294 g/mol. The molecule has 3 rings (SSSR count). The summed E-state index contributed by atoms with van der Waals surface area (Å²) in [7, 11) is 0. The first-order chi connectivity index (χ1) is 9.74. The first kappa shape index (κ1) is 13.9. The minimum atomic E-state index is -0.174. The maximum atomic E-state index is 9.83. The molecule has 0 amide bonds. The number of aliphatic hydroxyl groups is 1. The van der Waals surface area contributed by atoms with E-state index in [2.05, 4.69) is 32.8 Å². The average Bonchev–Trinajstić information content (AvgIpc) is 2.51. The molecule has 0 aromatic carbocycles. The number of rotatable bonds is 2. The van der Waals surface area contributed by atoms with Crippen molar-refractivity contribution in [2.75, 3.05) is 47.5 Å². The number of aliphatic hydroxyl groups excluding tert-OH is 1. The third-order valence-electron chi connectivity index (χ3n) is 4.16. The minimum absolute atomic E-state index is 0.174. The number of hydrogen-bond acceptors (Lipinski definition) is 6. The molecule has 110 valence electrons. The lowest BCUT2D eigenvalue weighted by atomic mass is 9.97. The van der Waals surface area contributed by atoms with Gasteiger partial charge >= 0.3 is 0 Å². The maximum Gasteiger partial charge on any atom is 0.134 e. The fraction of sp³-hybridized carbons (Fsp3) is 0.714. The van der Waals surface area contributed by atoms with Gasteiger partial charge in [-0.25, -0.2) is 9.97 Å². The van der Waals surface area contributed by atoms with Crippen molar-refractivity contribution in [2.24, 2.45) is 5.92 Å². The summed E-state index contributed by atoms with van der Waals surface area (Å²) >= 11 is 2.00. The van der Waals surface area contributed by atoms with Crippen molar-refractivity contribution in [3.8, 4) is 0 Å². The second-order valence-corrected chi connectivity index (χ2v) is 6.84. The lowest BCUT2D eigenvalue weighted by molar-refractivity contribution is 0.0969. The number of hydrogen-bond donors (Lipinski definition) is 1. The van der Waals surface area contributed by atoms with Crippen LogP contribution in [0.25, 0.3) is 0 Å². The van der Waals surface area contributed by atoms with Crippen molar-refractivity contribution in [1.29, 1.82) is 0 Å². The predicted molar refractivity (Wildman–Crippen MR) is 83.6 cm³/mol. The summed E-state index contributed by atoms with van der Waals surface area (Å²) in [5, 5.41) is 9.83. The fourth-order valence-corrected chi connectivity index (χ4v) is 3.72. The van der Waals surface area contributed by atoms with Gasteiger partial charge in [0.15, 0.2) is 0 Å². The third-order valence-corrected chi connectivity index (χ3v) is 5.10. The van der Waals surface area contributed by atoms with Crippen LogP contribution in [0.15, 0.2) is 12.4 Å². The van der Waals surface area contributed by atoms with Crippen LogP contribution in [-0.2, 0) is 0 Å². The number of thioether (sulfide) groups is 1. The van der Waals surface area contributed by atoms with Crippen LogP contribution in [0.1, 0.15) is 13.3 Å². The van der Waals surface area contributed by atoms with E-state index >= 15 is 0 Å². The highest BCUT2D eigenvalue weighted by atomic mass is 32.2. The Kier molecular flexibility index (Phi) is 4.31. The summed E-state index contributed by atoms with van der Waals surface area (Å²) in [5.74, 6) is 4.67. The van der Waals surface area contributed by atoms with E-state index in [4.69, 9.17) is 0 Å². The molecule has 0 aliphatic carbocycles. The quantitative estimate of drug-likeness (QED) is 0.885. The van der Waals surface area contributed by atoms with E-state index in [1.54, 1.807) is 6.33 Å². The molecule has 2 atom stereocenters. The molecule has 20 heavy (non-hydrogen) atoms. The molecule has 0 unspecified atom stereocenters. The van der Waals surface area contributed by atoms with Gasteiger partial charge in [0.25, 0.3) is 0 Å². The molecule has 2 saturated heterocycles. The molecule has 5 nitrogen and oxygen atoms in total. The number of piperidine rings is 1. The Morgan fingerprint density at radius 3 is 2.55 bits per heavy atom. The molecular formula is C14H22N4OS. The van der Waals surface area contributed by atoms with Crippen LogP contribution < -0.4 is 9.80 Å².